The van der Waals surface area contributed by atoms with Crippen LogP contribution < -0.4 is 5.32 Å². The van der Waals surface area contributed by atoms with Gasteiger partial charge in [-0.15, -0.1) is 0 Å². The predicted molar refractivity (Wildman–Crippen MR) is 75.0 cm³/mol. The summed E-state index contributed by atoms with van der Waals surface area (Å²) in [6, 6.07) is 6.55. The van der Waals surface area contributed by atoms with Gasteiger partial charge in [-0.2, -0.15) is 0 Å². The van der Waals surface area contributed by atoms with Crippen LogP contribution in [0.2, 0.25) is 0 Å². The summed E-state index contributed by atoms with van der Waals surface area (Å²) in [7, 11) is 2.12. The number of carbonyl (C=O) groups is 1. The molecule has 1 fully saturated rings. The molecule has 0 aromatic heterocycles. The average Bonchev–Trinajstić information content (AvgIpc) is 2.88. The van der Waals surface area contributed by atoms with Crippen LogP contribution in [-0.2, 0) is 13.1 Å². The van der Waals surface area contributed by atoms with Gasteiger partial charge in [0, 0.05) is 44.3 Å². The van der Waals surface area contributed by atoms with E-state index in [1.54, 1.807) is 0 Å². The van der Waals surface area contributed by atoms with Crippen LogP contribution in [0.3, 0.4) is 0 Å². The second kappa shape index (κ2) is 4.94. The Labute approximate surface area is 114 Å². The molecule has 0 saturated carbocycles. The van der Waals surface area contributed by atoms with Gasteiger partial charge in [0.05, 0.1) is 0 Å². The van der Waals surface area contributed by atoms with Crippen LogP contribution in [-0.4, -0.2) is 48.4 Å². The molecule has 1 aromatic carbocycles. The minimum atomic E-state index is 0.176. The Hall–Kier alpha value is -1.39. The van der Waals surface area contributed by atoms with Crippen molar-refractivity contribution in [3.05, 3.63) is 34.9 Å². The first-order valence-corrected chi connectivity index (χ1v) is 6.97. The summed E-state index contributed by atoms with van der Waals surface area (Å²) in [5, 5.41) is 3.31. The first-order valence-electron chi connectivity index (χ1n) is 6.97. The number of piperazine rings is 1. The molecular weight excluding hydrogens is 238 g/mol. The molecule has 1 amide bonds. The number of nitrogens with one attached hydrogen (secondary N) is 1. The molecule has 2 aliphatic rings. The van der Waals surface area contributed by atoms with Crippen molar-refractivity contribution >= 4 is 5.91 Å². The molecule has 2 heterocycles. The van der Waals surface area contributed by atoms with E-state index in [-0.39, 0.29) is 5.91 Å². The molecule has 4 nitrogen and oxygen atoms in total. The zero-order valence-corrected chi connectivity index (χ0v) is 11.6. The first kappa shape index (κ1) is 12.6. The third kappa shape index (κ3) is 2.38. The van der Waals surface area contributed by atoms with Crippen LogP contribution in [0, 0.1) is 0 Å². The largest absolute Gasteiger partial charge is 0.336 e. The van der Waals surface area contributed by atoms with Crippen LogP contribution >= 0.6 is 0 Å². The molecule has 3 rings (SSSR count). The average molecular weight is 259 g/mol. The second-order valence-electron chi connectivity index (χ2n) is 5.67. The van der Waals surface area contributed by atoms with E-state index in [0.717, 1.165) is 38.3 Å². The Bertz CT molecular complexity index is 500. The minimum absolute atomic E-state index is 0.176. The number of hydrogen-bond donors (Lipinski definition) is 1. The number of likely N-dealkylation sites (N-methyl/N-ethyl adjacent to an activating group) is 1. The first-order chi connectivity index (χ1) is 9.15. The van der Waals surface area contributed by atoms with E-state index in [1.165, 1.54) is 11.1 Å². The Morgan fingerprint density at radius 2 is 2.05 bits per heavy atom. The summed E-state index contributed by atoms with van der Waals surface area (Å²) < 4.78 is 0. The second-order valence-corrected chi connectivity index (χ2v) is 5.67. The van der Waals surface area contributed by atoms with Gasteiger partial charge in [0.2, 0.25) is 0 Å². The smallest absolute Gasteiger partial charge is 0.253 e. The van der Waals surface area contributed by atoms with Gasteiger partial charge in [0.25, 0.3) is 5.91 Å². The SMILES string of the molecule is CC1CN(C(=O)c2ccc3c(c2)CNC3)CCN1C. The molecule has 4 heteroatoms. The molecule has 1 N–H and O–H groups in total. The van der Waals surface area contributed by atoms with Crippen LogP contribution in [0.4, 0.5) is 0 Å². The fraction of sp³-hybridized carbons (Fsp3) is 0.533. The van der Waals surface area contributed by atoms with Crippen molar-refractivity contribution in [1.82, 2.24) is 15.1 Å². The summed E-state index contributed by atoms with van der Waals surface area (Å²) in [6.45, 7) is 6.59. The Balaban J connectivity index is 1.77. The maximum absolute atomic E-state index is 12.5. The summed E-state index contributed by atoms with van der Waals surface area (Å²) in [4.78, 5) is 16.8. The number of amides is 1. The van der Waals surface area contributed by atoms with E-state index in [4.69, 9.17) is 0 Å². The molecular formula is C15H21N3O. The van der Waals surface area contributed by atoms with Crippen molar-refractivity contribution in [2.24, 2.45) is 0 Å². The molecule has 0 aliphatic carbocycles. The number of nitrogens with zero attached hydrogens (tertiary/aromatic N) is 2. The van der Waals surface area contributed by atoms with Crippen LogP contribution in [0.25, 0.3) is 0 Å². The molecule has 1 saturated heterocycles. The van der Waals surface area contributed by atoms with Gasteiger partial charge >= 0.3 is 0 Å². The van der Waals surface area contributed by atoms with Crippen LogP contribution in [0.1, 0.15) is 28.4 Å². The topological polar surface area (TPSA) is 35.6 Å². The summed E-state index contributed by atoms with van der Waals surface area (Å²) >= 11 is 0. The minimum Gasteiger partial charge on any atom is -0.336 e. The normalized spacial score (nSPS) is 23.5. The van der Waals surface area contributed by atoms with Crippen molar-refractivity contribution in [3.63, 3.8) is 0 Å². The fourth-order valence-electron chi connectivity index (χ4n) is 2.84. The number of hydrogen-bond acceptors (Lipinski definition) is 3. The van der Waals surface area contributed by atoms with Crippen molar-refractivity contribution in [2.45, 2.75) is 26.1 Å². The predicted octanol–water partition coefficient (Wildman–Crippen LogP) is 1.07. The standard InChI is InChI=1S/C15H21N3O/c1-11-10-18(6-5-17(11)2)15(19)12-3-4-13-8-16-9-14(13)7-12/h3-4,7,11,16H,5-6,8-10H2,1-2H3. The van der Waals surface area contributed by atoms with Crippen LogP contribution in [0.5, 0.6) is 0 Å². The highest BCUT2D eigenvalue weighted by Gasteiger charge is 2.25. The highest BCUT2D eigenvalue weighted by molar-refractivity contribution is 5.94. The van der Waals surface area contributed by atoms with E-state index in [0.29, 0.717) is 6.04 Å². The summed E-state index contributed by atoms with van der Waals surface area (Å²) in [5.41, 5.74) is 3.43. The quantitative estimate of drug-likeness (QED) is 0.819. The van der Waals surface area contributed by atoms with Gasteiger partial charge < -0.3 is 15.1 Å². The lowest BCUT2D eigenvalue weighted by Gasteiger charge is -2.37. The van der Waals surface area contributed by atoms with Gasteiger partial charge in [-0.3, -0.25) is 4.79 Å². The van der Waals surface area contributed by atoms with Gasteiger partial charge in [0.15, 0.2) is 0 Å². The zero-order chi connectivity index (χ0) is 13.4. The lowest BCUT2D eigenvalue weighted by atomic mass is 10.0. The van der Waals surface area contributed by atoms with E-state index in [9.17, 15) is 4.79 Å². The number of benzene rings is 1. The Morgan fingerprint density at radius 3 is 2.84 bits per heavy atom. The fourth-order valence-corrected chi connectivity index (χ4v) is 2.84. The highest BCUT2D eigenvalue weighted by atomic mass is 16.2. The van der Waals surface area contributed by atoms with Gasteiger partial charge in [0.1, 0.15) is 0 Å². The van der Waals surface area contributed by atoms with E-state index in [1.807, 2.05) is 11.0 Å². The molecule has 1 aromatic rings. The zero-order valence-electron chi connectivity index (χ0n) is 11.6. The molecule has 0 spiro atoms. The third-order valence-electron chi connectivity index (χ3n) is 4.33. The Kier molecular flexibility index (Phi) is 3.29. The van der Waals surface area contributed by atoms with Crippen molar-refractivity contribution < 1.29 is 4.79 Å². The Morgan fingerprint density at radius 1 is 1.26 bits per heavy atom. The van der Waals surface area contributed by atoms with E-state index < -0.39 is 0 Å². The van der Waals surface area contributed by atoms with Crippen molar-refractivity contribution in [2.75, 3.05) is 26.7 Å². The maximum Gasteiger partial charge on any atom is 0.253 e. The van der Waals surface area contributed by atoms with E-state index >= 15 is 0 Å². The van der Waals surface area contributed by atoms with Crippen molar-refractivity contribution in [3.8, 4) is 0 Å². The molecule has 0 radical (unpaired) electrons. The molecule has 19 heavy (non-hydrogen) atoms. The molecule has 2 aliphatic heterocycles. The summed E-state index contributed by atoms with van der Waals surface area (Å²) in [6.07, 6.45) is 0. The highest BCUT2D eigenvalue weighted by Crippen LogP contribution is 2.19. The van der Waals surface area contributed by atoms with Crippen LogP contribution in [0.15, 0.2) is 18.2 Å². The molecule has 1 atom stereocenters. The van der Waals surface area contributed by atoms with Gasteiger partial charge in [-0.1, -0.05) is 6.07 Å². The lowest BCUT2D eigenvalue weighted by molar-refractivity contribution is 0.0572. The maximum atomic E-state index is 12.5. The number of fused-ring (bicyclic) bond motifs is 1. The number of rotatable bonds is 1. The van der Waals surface area contributed by atoms with Gasteiger partial charge in [-0.25, -0.2) is 0 Å². The molecule has 0 bridgehead atoms. The van der Waals surface area contributed by atoms with E-state index in [2.05, 4.69) is 36.3 Å². The third-order valence-corrected chi connectivity index (χ3v) is 4.33. The molecule has 102 valence electrons. The van der Waals surface area contributed by atoms with Crippen molar-refractivity contribution in [1.29, 1.82) is 0 Å². The molecule has 1 unspecified atom stereocenters. The lowest BCUT2D eigenvalue weighted by Crippen LogP contribution is -2.52. The van der Waals surface area contributed by atoms with Gasteiger partial charge in [-0.05, 0) is 37.2 Å². The monoisotopic (exact) mass is 259 g/mol. The number of carbonyl (C=O) groups excluding carboxylic acids is 1. The summed E-state index contributed by atoms with van der Waals surface area (Å²) in [5.74, 6) is 0.176.